The van der Waals surface area contributed by atoms with Gasteiger partial charge in [-0.2, -0.15) is 5.10 Å². The number of anilines is 1. The molecule has 3 aromatic heterocycles. The maximum Gasteiger partial charge on any atom is 0.231 e. The average Bonchev–Trinajstić information content (AvgIpc) is 3.69. The Morgan fingerprint density at radius 2 is 1.92 bits per heavy atom. The van der Waals surface area contributed by atoms with E-state index < -0.39 is 0 Å². The lowest BCUT2D eigenvalue weighted by Gasteiger charge is -2.29. The minimum absolute atomic E-state index is 0.0826. The molecule has 0 radical (unpaired) electrons. The smallest absolute Gasteiger partial charge is 0.231 e. The van der Waals surface area contributed by atoms with Gasteiger partial charge in [0.2, 0.25) is 11.8 Å². The number of hydrogen-bond donors (Lipinski definition) is 2. The molecule has 3 heterocycles. The van der Waals surface area contributed by atoms with Crippen LogP contribution in [-0.4, -0.2) is 26.9 Å². The van der Waals surface area contributed by atoms with Gasteiger partial charge in [0.05, 0.1) is 22.3 Å². The third kappa shape index (κ3) is 4.60. The molecule has 7 nitrogen and oxygen atoms in total. The molecule has 5 aromatic rings. The van der Waals surface area contributed by atoms with Gasteiger partial charge in [0, 0.05) is 23.1 Å². The van der Waals surface area contributed by atoms with Crippen molar-refractivity contribution in [3.8, 4) is 22.7 Å². The molecule has 0 spiro atoms. The van der Waals surface area contributed by atoms with E-state index in [1.165, 1.54) is 11.3 Å². The second-order valence-electron chi connectivity index (χ2n) is 9.56. The molecule has 0 unspecified atom stereocenters. The molecule has 1 aliphatic rings. The van der Waals surface area contributed by atoms with E-state index in [1.54, 1.807) is 6.20 Å². The number of oxazole rings is 1. The zero-order chi connectivity index (χ0) is 25.4. The number of ketones is 1. The van der Waals surface area contributed by atoms with Gasteiger partial charge in [-0.05, 0) is 61.0 Å². The van der Waals surface area contributed by atoms with Crippen LogP contribution >= 0.6 is 11.3 Å². The molecule has 37 heavy (non-hydrogen) atoms. The van der Waals surface area contributed by atoms with Gasteiger partial charge < -0.3 is 9.73 Å². The van der Waals surface area contributed by atoms with E-state index >= 15 is 0 Å². The van der Waals surface area contributed by atoms with Gasteiger partial charge in [0.25, 0.3) is 0 Å². The fourth-order valence-corrected chi connectivity index (χ4v) is 5.89. The number of carbonyl (C=O) groups is 2. The van der Waals surface area contributed by atoms with Gasteiger partial charge >= 0.3 is 0 Å². The summed E-state index contributed by atoms with van der Waals surface area (Å²) in [5, 5.41) is 12.3. The van der Waals surface area contributed by atoms with E-state index in [2.05, 4.69) is 20.5 Å². The molecule has 0 saturated heterocycles. The molecule has 186 valence electrons. The van der Waals surface area contributed by atoms with Crippen LogP contribution in [0.3, 0.4) is 0 Å². The number of rotatable bonds is 6. The summed E-state index contributed by atoms with van der Waals surface area (Å²) in [5.74, 6) is -0.156. The highest BCUT2D eigenvalue weighted by atomic mass is 32.1. The Labute approximate surface area is 217 Å². The summed E-state index contributed by atoms with van der Waals surface area (Å²) in [5.41, 5.74) is 5.62. The maximum absolute atomic E-state index is 13.4. The Balaban J connectivity index is 1.24. The van der Waals surface area contributed by atoms with Crippen molar-refractivity contribution in [1.82, 2.24) is 15.2 Å². The van der Waals surface area contributed by atoms with Crippen LogP contribution in [0.1, 0.15) is 40.9 Å². The van der Waals surface area contributed by atoms with Crippen LogP contribution in [0, 0.1) is 18.8 Å². The summed E-state index contributed by atoms with van der Waals surface area (Å²) < 4.78 is 6.02. The zero-order valence-corrected chi connectivity index (χ0v) is 21.2. The average molecular weight is 511 g/mol. The van der Waals surface area contributed by atoms with Gasteiger partial charge in [-0.1, -0.05) is 37.1 Å². The van der Waals surface area contributed by atoms with E-state index in [-0.39, 0.29) is 23.5 Å². The van der Waals surface area contributed by atoms with Crippen molar-refractivity contribution < 1.29 is 14.0 Å². The SMILES string of the molecule is Cc1ccc2nc(-c3cn[nH]c3-c3cccc(NC(=O)[C@@H]4CCCC[C@@H]4C(=O)c4cccs4)c3)oc2c1. The second-order valence-corrected chi connectivity index (χ2v) is 10.5. The van der Waals surface area contributed by atoms with Gasteiger partial charge in [0.1, 0.15) is 5.52 Å². The number of thiophene rings is 1. The van der Waals surface area contributed by atoms with E-state index in [1.807, 2.05) is 66.9 Å². The summed E-state index contributed by atoms with van der Waals surface area (Å²) in [4.78, 5) is 31.8. The highest BCUT2D eigenvalue weighted by molar-refractivity contribution is 7.12. The highest BCUT2D eigenvalue weighted by Crippen LogP contribution is 2.36. The molecule has 8 heteroatoms. The minimum atomic E-state index is -0.335. The predicted molar refractivity (Wildman–Crippen MR) is 144 cm³/mol. The van der Waals surface area contributed by atoms with Crippen molar-refractivity contribution in [1.29, 1.82) is 0 Å². The molecule has 0 bridgehead atoms. The van der Waals surface area contributed by atoms with Crippen LogP contribution in [0.15, 0.2) is 70.6 Å². The van der Waals surface area contributed by atoms with Crippen LogP contribution in [-0.2, 0) is 4.79 Å². The molecular formula is C29H26N4O3S. The number of benzene rings is 2. The van der Waals surface area contributed by atoms with E-state index in [0.29, 0.717) is 11.6 Å². The van der Waals surface area contributed by atoms with Crippen molar-refractivity contribution in [3.63, 3.8) is 0 Å². The number of aryl methyl sites for hydroxylation is 1. The molecule has 0 aliphatic heterocycles. The zero-order valence-electron chi connectivity index (χ0n) is 20.4. The summed E-state index contributed by atoms with van der Waals surface area (Å²) in [6.45, 7) is 2.01. The van der Waals surface area contributed by atoms with Crippen LogP contribution in [0.5, 0.6) is 0 Å². The first kappa shape index (κ1) is 23.4. The summed E-state index contributed by atoms with van der Waals surface area (Å²) in [6, 6.07) is 17.2. The summed E-state index contributed by atoms with van der Waals surface area (Å²) >= 11 is 1.44. The molecule has 1 aliphatic carbocycles. The molecule has 1 saturated carbocycles. The van der Waals surface area contributed by atoms with Gasteiger partial charge in [-0.25, -0.2) is 4.98 Å². The molecule has 6 rings (SSSR count). The van der Waals surface area contributed by atoms with E-state index in [9.17, 15) is 9.59 Å². The van der Waals surface area contributed by atoms with Crippen LogP contribution in [0.25, 0.3) is 33.8 Å². The van der Waals surface area contributed by atoms with E-state index in [4.69, 9.17) is 4.42 Å². The lowest BCUT2D eigenvalue weighted by atomic mass is 9.76. The van der Waals surface area contributed by atoms with Crippen molar-refractivity contribution in [2.24, 2.45) is 11.8 Å². The largest absolute Gasteiger partial charge is 0.436 e. The first-order valence-electron chi connectivity index (χ1n) is 12.5. The number of aromatic nitrogens is 3. The Morgan fingerprint density at radius 1 is 1.05 bits per heavy atom. The lowest BCUT2D eigenvalue weighted by molar-refractivity contribution is -0.121. The standard InChI is InChI=1S/C29H26N4O3S/c1-17-11-12-23-24(14-17)36-29(32-23)22-16-30-33-26(22)18-6-4-7-19(15-18)31-28(35)21-9-3-2-8-20(21)27(34)25-10-5-13-37-25/h4-7,10-16,20-21H,2-3,8-9H2,1H3,(H,30,33)(H,31,35)/t20-,21+/m0/s1. The maximum atomic E-state index is 13.4. The first-order chi connectivity index (χ1) is 18.1. The van der Waals surface area contributed by atoms with Crippen molar-refractivity contribution >= 4 is 39.8 Å². The molecule has 2 atom stereocenters. The third-order valence-electron chi connectivity index (χ3n) is 7.04. The van der Waals surface area contributed by atoms with Crippen molar-refractivity contribution in [2.75, 3.05) is 5.32 Å². The number of H-pyrrole nitrogens is 1. The molecule has 2 N–H and O–H groups in total. The number of amides is 1. The number of Topliss-reactive ketones (excluding diaryl/α,β-unsaturated/α-hetero) is 1. The second kappa shape index (κ2) is 9.78. The quantitative estimate of drug-likeness (QED) is 0.242. The summed E-state index contributed by atoms with van der Waals surface area (Å²) in [6.07, 6.45) is 5.08. The summed E-state index contributed by atoms with van der Waals surface area (Å²) in [7, 11) is 0. The Bertz CT molecular complexity index is 1580. The van der Waals surface area contributed by atoms with Gasteiger partial charge in [0.15, 0.2) is 11.4 Å². The Hall–Kier alpha value is -4.04. The number of fused-ring (bicyclic) bond motifs is 1. The number of hydrogen-bond acceptors (Lipinski definition) is 6. The minimum Gasteiger partial charge on any atom is -0.436 e. The topological polar surface area (TPSA) is 101 Å². The first-order valence-corrected chi connectivity index (χ1v) is 13.3. The molecular weight excluding hydrogens is 484 g/mol. The number of nitrogens with zero attached hydrogens (tertiary/aromatic N) is 2. The number of nitrogens with one attached hydrogen (secondary N) is 2. The highest BCUT2D eigenvalue weighted by Gasteiger charge is 2.36. The van der Waals surface area contributed by atoms with E-state index in [0.717, 1.165) is 64.0 Å². The van der Waals surface area contributed by atoms with Crippen LogP contribution < -0.4 is 5.32 Å². The number of carbonyl (C=O) groups excluding carboxylic acids is 2. The molecule has 1 amide bonds. The van der Waals surface area contributed by atoms with Crippen LogP contribution in [0.4, 0.5) is 5.69 Å². The normalized spacial score (nSPS) is 17.6. The van der Waals surface area contributed by atoms with Crippen LogP contribution in [0.2, 0.25) is 0 Å². The predicted octanol–water partition coefficient (Wildman–Crippen LogP) is 6.88. The van der Waals surface area contributed by atoms with Gasteiger partial charge in [-0.3, -0.25) is 14.7 Å². The number of aromatic amines is 1. The fraction of sp³-hybridized carbons (Fsp3) is 0.241. The Kier molecular flexibility index (Phi) is 6.18. The van der Waals surface area contributed by atoms with Crippen molar-refractivity contribution in [2.45, 2.75) is 32.6 Å². The van der Waals surface area contributed by atoms with Crippen molar-refractivity contribution in [3.05, 3.63) is 76.6 Å². The molecule has 2 aromatic carbocycles. The fourth-order valence-electron chi connectivity index (χ4n) is 5.16. The monoisotopic (exact) mass is 510 g/mol. The molecule has 1 fully saturated rings. The van der Waals surface area contributed by atoms with Gasteiger partial charge in [-0.15, -0.1) is 11.3 Å². The lowest BCUT2D eigenvalue weighted by Crippen LogP contribution is -2.36. The third-order valence-corrected chi connectivity index (χ3v) is 7.92. The Morgan fingerprint density at radius 3 is 2.76 bits per heavy atom.